The molecule has 1 aromatic carbocycles. The molecule has 0 bridgehead atoms. The zero-order chi connectivity index (χ0) is 11.5. The van der Waals surface area contributed by atoms with Gasteiger partial charge in [0.1, 0.15) is 0 Å². The molecule has 1 aromatic rings. The van der Waals surface area contributed by atoms with Gasteiger partial charge in [0.05, 0.1) is 4.99 Å². The standard InChI is InChI=1S/C13H19NS/c1-5-12(15)14-11-9-7-6-8-10(11)13(2,3)4/h6-9H,5H2,1-4H3,(H,14,15). The smallest absolute Gasteiger partial charge is 0.0794 e. The van der Waals surface area contributed by atoms with Gasteiger partial charge in [0.15, 0.2) is 0 Å². The number of rotatable bonds is 2. The summed E-state index contributed by atoms with van der Waals surface area (Å²) < 4.78 is 0. The minimum atomic E-state index is 0.146. The third kappa shape index (κ3) is 3.31. The van der Waals surface area contributed by atoms with E-state index in [0.29, 0.717) is 0 Å². The first-order valence-electron chi connectivity index (χ1n) is 5.34. The molecule has 0 spiro atoms. The van der Waals surface area contributed by atoms with Gasteiger partial charge >= 0.3 is 0 Å². The molecule has 0 aliphatic carbocycles. The van der Waals surface area contributed by atoms with Crippen molar-refractivity contribution in [1.82, 2.24) is 0 Å². The molecule has 15 heavy (non-hydrogen) atoms. The summed E-state index contributed by atoms with van der Waals surface area (Å²) in [6, 6.07) is 8.35. The second-order valence-corrected chi connectivity index (χ2v) is 5.19. The molecule has 0 aliphatic rings. The summed E-state index contributed by atoms with van der Waals surface area (Å²) in [5.74, 6) is 0. The first-order chi connectivity index (χ1) is 6.95. The van der Waals surface area contributed by atoms with E-state index in [9.17, 15) is 0 Å². The Balaban J connectivity index is 3.02. The van der Waals surface area contributed by atoms with E-state index in [0.717, 1.165) is 17.1 Å². The van der Waals surface area contributed by atoms with Crippen LogP contribution in [0.15, 0.2) is 24.3 Å². The maximum absolute atomic E-state index is 5.21. The highest BCUT2D eigenvalue weighted by Gasteiger charge is 2.17. The largest absolute Gasteiger partial charge is 0.350 e. The van der Waals surface area contributed by atoms with Gasteiger partial charge in [-0.25, -0.2) is 0 Å². The third-order valence-corrected chi connectivity index (χ3v) is 2.72. The van der Waals surface area contributed by atoms with Gasteiger partial charge in [-0.05, 0) is 23.5 Å². The summed E-state index contributed by atoms with van der Waals surface area (Å²) >= 11 is 5.21. The van der Waals surface area contributed by atoms with Crippen molar-refractivity contribution in [3.8, 4) is 0 Å². The van der Waals surface area contributed by atoms with Crippen LogP contribution in [0.25, 0.3) is 0 Å². The van der Waals surface area contributed by atoms with Gasteiger partial charge in [-0.15, -0.1) is 0 Å². The average Bonchev–Trinajstić information content (AvgIpc) is 2.17. The van der Waals surface area contributed by atoms with Crippen molar-refractivity contribution in [3.05, 3.63) is 29.8 Å². The van der Waals surface area contributed by atoms with Crippen LogP contribution in [0, 0.1) is 0 Å². The van der Waals surface area contributed by atoms with E-state index in [-0.39, 0.29) is 5.41 Å². The van der Waals surface area contributed by atoms with E-state index in [1.54, 1.807) is 0 Å². The lowest BCUT2D eigenvalue weighted by atomic mass is 9.86. The Bertz CT molecular complexity index is 350. The molecular weight excluding hydrogens is 202 g/mol. The van der Waals surface area contributed by atoms with Gasteiger partial charge in [-0.2, -0.15) is 0 Å². The van der Waals surface area contributed by atoms with Gasteiger partial charge in [-0.3, -0.25) is 0 Å². The van der Waals surface area contributed by atoms with E-state index >= 15 is 0 Å². The highest BCUT2D eigenvalue weighted by Crippen LogP contribution is 2.29. The zero-order valence-corrected chi connectivity index (χ0v) is 10.7. The summed E-state index contributed by atoms with van der Waals surface area (Å²) in [5, 5.41) is 3.30. The van der Waals surface area contributed by atoms with Crippen molar-refractivity contribution in [3.63, 3.8) is 0 Å². The summed E-state index contributed by atoms with van der Waals surface area (Å²) in [7, 11) is 0. The van der Waals surface area contributed by atoms with Crippen LogP contribution in [0.3, 0.4) is 0 Å². The number of nitrogens with one attached hydrogen (secondary N) is 1. The Morgan fingerprint density at radius 1 is 1.27 bits per heavy atom. The van der Waals surface area contributed by atoms with Crippen LogP contribution in [0.2, 0.25) is 0 Å². The SMILES string of the molecule is CCC(=S)Nc1ccccc1C(C)(C)C. The first kappa shape index (κ1) is 12.2. The molecule has 0 aromatic heterocycles. The first-order valence-corrected chi connectivity index (χ1v) is 5.75. The molecule has 1 nitrogen and oxygen atoms in total. The third-order valence-electron chi connectivity index (χ3n) is 2.33. The maximum atomic E-state index is 5.21. The monoisotopic (exact) mass is 221 g/mol. The minimum absolute atomic E-state index is 0.146. The Labute approximate surface area is 97.9 Å². The number of hydrogen-bond donors (Lipinski definition) is 1. The van der Waals surface area contributed by atoms with Crippen molar-refractivity contribution in [1.29, 1.82) is 0 Å². The summed E-state index contributed by atoms with van der Waals surface area (Å²) in [6.07, 6.45) is 0.883. The molecule has 0 radical (unpaired) electrons. The van der Waals surface area contributed by atoms with Crippen LogP contribution in [0.1, 0.15) is 39.7 Å². The van der Waals surface area contributed by atoms with Crippen LogP contribution in [0.5, 0.6) is 0 Å². The molecule has 82 valence electrons. The van der Waals surface area contributed by atoms with Crippen LogP contribution >= 0.6 is 12.2 Å². The molecule has 2 heteroatoms. The van der Waals surface area contributed by atoms with E-state index in [1.807, 2.05) is 6.07 Å². The molecule has 0 aliphatic heterocycles. The Hall–Kier alpha value is -0.890. The predicted molar refractivity (Wildman–Crippen MR) is 71.7 cm³/mol. The van der Waals surface area contributed by atoms with E-state index in [1.165, 1.54) is 5.56 Å². The molecule has 0 unspecified atom stereocenters. The lowest BCUT2D eigenvalue weighted by molar-refractivity contribution is 0.592. The van der Waals surface area contributed by atoms with E-state index < -0.39 is 0 Å². The van der Waals surface area contributed by atoms with E-state index in [2.05, 4.69) is 51.2 Å². The van der Waals surface area contributed by atoms with Crippen molar-refractivity contribution >= 4 is 22.9 Å². The number of anilines is 1. The van der Waals surface area contributed by atoms with Gasteiger partial charge in [0.25, 0.3) is 0 Å². The molecule has 1 rings (SSSR count). The lowest BCUT2D eigenvalue weighted by Gasteiger charge is -2.23. The van der Waals surface area contributed by atoms with Crippen molar-refractivity contribution in [2.75, 3.05) is 5.32 Å². The maximum Gasteiger partial charge on any atom is 0.0794 e. The highest BCUT2D eigenvalue weighted by atomic mass is 32.1. The fraction of sp³-hybridized carbons (Fsp3) is 0.462. The van der Waals surface area contributed by atoms with Gasteiger partial charge < -0.3 is 5.32 Å². The Morgan fingerprint density at radius 2 is 1.87 bits per heavy atom. The van der Waals surface area contributed by atoms with Gasteiger partial charge in [-0.1, -0.05) is 58.1 Å². The lowest BCUT2D eigenvalue weighted by Crippen LogP contribution is -2.16. The molecule has 0 atom stereocenters. The number of hydrogen-bond acceptors (Lipinski definition) is 1. The number of para-hydroxylation sites is 1. The van der Waals surface area contributed by atoms with Crippen molar-refractivity contribution in [2.45, 2.75) is 39.5 Å². The second kappa shape index (κ2) is 4.75. The van der Waals surface area contributed by atoms with Gasteiger partial charge in [0, 0.05) is 5.69 Å². The quantitative estimate of drug-likeness (QED) is 0.753. The van der Waals surface area contributed by atoms with Crippen LogP contribution in [0.4, 0.5) is 5.69 Å². The minimum Gasteiger partial charge on any atom is -0.350 e. The topological polar surface area (TPSA) is 12.0 Å². The van der Waals surface area contributed by atoms with Crippen LogP contribution in [-0.2, 0) is 5.41 Å². The van der Waals surface area contributed by atoms with Crippen molar-refractivity contribution in [2.24, 2.45) is 0 Å². The van der Waals surface area contributed by atoms with E-state index in [4.69, 9.17) is 12.2 Å². The molecule has 0 fully saturated rings. The summed E-state index contributed by atoms with van der Waals surface area (Å²) in [5.41, 5.74) is 2.59. The molecule has 0 saturated carbocycles. The zero-order valence-electron chi connectivity index (χ0n) is 9.92. The fourth-order valence-electron chi connectivity index (χ4n) is 1.48. The summed E-state index contributed by atoms with van der Waals surface area (Å²) in [6.45, 7) is 8.70. The van der Waals surface area contributed by atoms with Crippen molar-refractivity contribution < 1.29 is 0 Å². The molecule has 1 N–H and O–H groups in total. The Morgan fingerprint density at radius 3 is 2.40 bits per heavy atom. The average molecular weight is 221 g/mol. The highest BCUT2D eigenvalue weighted by molar-refractivity contribution is 7.80. The Kier molecular flexibility index (Phi) is 3.86. The summed E-state index contributed by atoms with van der Waals surface area (Å²) in [4.78, 5) is 0.895. The van der Waals surface area contributed by atoms with Gasteiger partial charge in [0.2, 0.25) is 0 Å². The molecule has 0 amide bonds. The fourth-order valence-corrected chi connectivity index (χ4v) is 1.59. The molecular formula is C13H19NS. The molecule has 0 saturated heterocycles. The predicted octanol–water partition coefficient (Wildman–Crippen LogP) is 4.13. The molecule has 0 heterocycles. The second-order valence-electron chi connectivity index (χ2n) is 4.70. The normalized spacial score (nSPS) is 11.2. The number of benzene rings is 1. The number of thiocarbonyl (C=S) groups is 1. The van der Waals surface area contributed by atoms with Crippen LogP contribution < -0.4 is 5.32 Å². The van der Waals surface area contributed by atoms with Crippen LogP contribution in [-0.4, -0.2) is 4.99 Å².